The number of aromatic nitrogens is 2. The smallest absolute Gasteiger partial charge is 0.265 e. The van der Waals surface area contributed by atoms with Crippen molar-refractivity contribution >= 4 is 29.1 Å². The van der Waals surface area contributed by atoms with Crippen LogP contribution in [0.4, 0.5) is 5.69 Å². The molecule has 0 unspecified atom stereocenters. The van der Waals surface area contributed by atoms with E-state index in [1.165, 1.54) is 4.90 Å². The minimum absolute atomic E-state index is 0.0925. The molecule has 0 radical (unpaired) electrons. The molecule has 0 saturated heterocycles. The maximum Gasteiger partial charge on any atom is 0.265 e. The quantitative estimate of drug-likeness (QED) is 0.558. The summed E-state index contributed by atoms with van der Waals surface area (Å²) < 4.78 is 11.2. The van der Waals surface area contributed by atoms with Gasteiger partial charge < -0.3 is 14.1 Å². The third-order valence-corrected chi connectivity index (χ3v) is 5.17. The maximum atomic E-state index is 13.1. The molecular weight excluding hydrogens is 420 g/mol. The van der Waals surface area contributed by atoms with Crippen molar-refractivity contribution in [2.75, 3.05) is 24.6 Å². The van der Waals surface area contributed by atoms with Crippen molar-refractivity contribution in [1.29, 1.82) is 0 Å². The summed E-state index contributed by atoms with van der Waals surface area (Å²) in [4.78, 5) is 28.5. The van der Waals surface area contributed by atoms with Gasteiger partial charge in [0.05, 0.1) is 22.8 Å². The van der Waals surface area contributed by atoms with Crippen molar-refractivity contribution in [2.24, 2.45) is 0 Å². The van der Waals surface area contributed by atoms with Crippen LogP contribution in [0.25, 0.3) is 11.5 Å². The average molecular weight is 441 g/mol. The second-order valence-electron chi connectivity index (χ2n) is 7.03. The van der Waals surface area contributed by atoms with E-state index in [0.717, 1.165) is 6.42 Å². The summed E-state index contributed by atoms with van der Waals surface area (Å²) in [6.07, 6.45) is 0.741. The van der Waals surface area contributed by atoms with Crippen LogP contribution in [-0.4, -0.2) is 46.6 Å². The summed E-state index contributed by atoms with van der Waals surface area (Å²) >= 11 is 6.20. The maximum absolute atomic E-state index is 13.1. The van der Waals surface area contributed by atoms with Crippen LogP contribution in [0.1, 0.15) is 19.2 Å². The van der Waals surface area contributed by atoms with E-state index < -0.39 is 0 Å². The van der Waals surface area contributed by atoms with Crippen molar-refractivity contribution in [3.8, 4) is 17.2 Å². The molecule has 0 N–H and O–H groups in total. The molecule has 31 heavy (non-hydrogen) atoms. The van der Waals surface area contributed by atoms with Crippen molar-refractivity contribution in [3.63, 3.8) is 0 Å². The number of carbonyl (C=O) groups is 2. The zero-order chi connectivity index (χ0) is 21.8. The Morgan fingerprint density at radius 3 is 2.74 bits per heavy atom. The summed E-state index contributed by atoms with van der Waals surface area (Å²) in [5.74, 6) is 0.692. The number of ether oxygens (including phenoxy) is 1. The molecule has 2 heterocycles. The molecule has 1 aromatic heterocycles. The predicted octanol–water partition coefficient (Wildman–Crippen LogP) is 3.55. The highest BCUT2D eigenvalue weighted by Gasteiger charge is 2.29. The Morgan fingerprint density at radius 2 is 1.94 bits per heavy atom. The van der Waals surface area contributed by atoms with Gasteiger partial charge in [0.2, 0.25) is 17.7 Å². The van der Waals surface area contributed by atoms with Gasteiger partial charge in [-0.25, -0.2) is 0 Å². The highest BCUT2D eigenvalue weighted by Crippen LogP contribution is 2.31. The number of hydrogen-bond donors (Lipinski definition) is 0. The molecule has 9 heteroatoms. The third kappa shape index (κ3) is 4.54. The zero-order valence-electron chi connectivity index (χ0n) is 17.0. The van der Waals surface area contributed by atoms with Crippen LogP contribution < -0.4 is 9.64 Å². The molecule has 0 fully saturated rings. The Morgan fingerprint density at radius 1 is 1.16 bits per heavy atom. The van der Waals surface area contributed by atoms with Gasteiger partial charge in [-0.1, -0.05) is 42.8 Å². The molecule has 160 valence electrons. The number of carbonyl (C=O) groups excluding carboxylic acids is 2. The summed E-state index contributed by atoms with van der Waals surface area (Å²) in [6, 6.07) is 14.3. The lowest BCUT2D eigenvalue weighted by molar-refractivity contribution is -0.132. The Hall–Kier alpha value is -3.39. The van der Waals surface area contributed by atoms with E-state index in [0.29, 0.717) is 40.3 Å². The second kappa shape index (κ2) is 9.18. The normalized spacial score (nSPS) is 13.0. The SMILES string of the molecule is CCCN(Cc1nnc(-c2ccccc2Cl)o1)C(=O)CN1C(=O)COc2ccccc21. The summed E-state index contributed by atoms with van der Waals surface area (Å²) in [7, 11) is 0. The van der Waals surface area contributed by atoms with Crippen LogP contribution in [0.5, 0.6) is 5.75 Å². The van der Waals surface area contributed by atoms with E-state index in [-0.39, 0.29) is 31.5 Å². The lowest BCUT2D eigenvalue weighted by Gasteiger charge is -2.30. The number of rotatable bonds is 7. The van der Waals surface area contributed by atoms with Crippen LogP contribution in [0.2, 0.25) is 5.02 Å². The van der Waals surface area contributed by atoms with Gasteiger partial charge in [0.25, 0.3) is 5.91 Å². The first-order valence-corrected chi connectivity index (χ1v) is 10.3. The first-order chi connectivity index (χ1) is 15.1. The van der Waals surface area contributed by atoms with Crippen molar-refractivity contribution in [3.05, 3.63) is 59.4 Å². The molecule has 1 aliphatic heterocycles. The minimum atomic E-state index is -0.262. The van der Waals surface area contributed by atoms with Crippen LogP contribution in [0, 0.1) is 0 Å². The number of benzene rings is 2. The molecule has 3 aromatic rings. The van der Waals surface area contributed by atoms with Crippen molar-refractivity contribution < 1.29 is 18.7 Å². The summed E-state index contributed by atoms with van der Waals surface area (Å²) in [5.41, 5.74) is 1.22. The monoisotopic (exact) mass is 440 g/mol. The summed E-state index contributed by atoms with van der Waals surface area (Å²) in [5, 5.41) is 8.63. The van der Waals surface area contributed by atoms with E-state index in [9.17, 15) is 9.59 Å². The molecule has 0 bridgehead atoms. The number of fused-ring (bicyclic) bond motifs is 1. The number of hydrogen-bond acceptors (Lipinski definition) is 6. The summed E-state index contributed by atoms with van der Waals surface area (Å²) in [6.45, 7) is 2.42. The van der Waals surface area contributed by atoms with Gasteiger partial charge in [-0.05, 0) is 30.7 Å². The van der Waals surface area contributed by atoms with Gasteiger partial charge in [0, 0.05) is 6.54 Å². The zero-order valence-corrected chi connectivity index (χ0v) is 17.7. The van der Waals surface area contributed by atoms with Gasteiger partial charge in [-0.2, -0.15) is 0 Å². The molecule has 2 aromatic carbocycles. The van der Waals surface area contributed by atoms with Crippen molar-refractivity contribution in [2.45, 2.75) is 19.9 Å². The van der Waals surface area contributed by atoms with Gasteiger partial charge >= 0.3 is 0 Å². The van der Waals surface area contributed by atoms with E-state index in [1.807, 2.05) is 25.1 Å². The Balaban J connectivity index is 1.50. The van der Waals surface area contributed by atoms with E-state index in [4.69, 9.17) is 20.8 Å². The Labute approximate surface area is 184 Å². The largest absolute Gasteiger partial charge is 0.482 e. The molecule has 2 amide bonds. The minimum Gasteiger partial charge on any atom is -0.482 e. The van der Waals surface area contributed by atoms with E-state index in [1.54, 1.807) is 35.2 Å². The fourth-order valence-corrected chi connectivity index (χ4v) is 3.57. The number of para-hydroxylation sites is 2. The average Bonchev–Trinajstić information content (AvgIpc) is 3.24. The third-order valence-electron chi connectivity index (χ3n) is 4.85. The molecular formula is C22H21ClN4O4. The molecule has 1 aliphatic rings. The molecule has 4 rings (SSSR count). The van der Waals surface area contributed by atoms with Gasteiger partial charge in [0.1, 0.15) is 12.3 Å². The Bertz CT molecular complexity index is 1100. The fraction of sp³-hybridized carbons (Fsp3) is 0.273. The van der Waals surface area contributed by atoms with Gasteiger partial charge in [-0.3, -0.25) is 14.5 Å². The molecule has 8 nitrogen and oxygen atoms in total. The second-order valence-corrected chi connectivity index (χ2v) is 7.44. The first kappa shape index (κ1) is 20.9. The fourth-order valence-electron chi connectivity index (χ4n) is 3.35. The van der Waals surface area contributed by atoms with Crippen molar-refractivity contribution in [1.82, 2.24) is 15.1 Å². The first-order valence-electron chi connectivity index (χ1n) is 9.94. The lowest BCUT2D eigenvalue weighted by atomic mass is 10.2. The molecule has 0 saturated carbocycles. The number of halogens is 1. The van der Waals surface area contributed by atoms with Crippen LogP contribution >= 0.6 is 11.6 Å². The topological polar surface area (TPSA) is 88.8 Å². The highest BCUT2D eigenvalue weighted by atomic mass is 35.5. The van der Waals surface area contributed by atoms with Crippen LogP contribution in [0.15, 0.2) is 52.9 Å². The van der Waals surface area contributed by atoms with Crippen LogP contribution in [-0.2, 0) is 16.1 Å². The van der Waals surface area contributed by atoms with Crippen LogP contribution in [0.3, 0.4) is 0 Å². The molecule has 0 aliphatic carbocycles. The number of amides is 2. The standard InChI is InChI=1S/C22H21ClN4O4/c1-2-11-26(12-19-24-25-22(31-19)15-7-3-4-8-16(15)23)20(28)13-27-17-9-5-6-10-18(17)30-14-21(27)29/h3-10H,2,11-14H2,1H3. The molecule has 0 spiro atoms. The molecule has 0 atom stereocenters. The predicted molar refractivity (Wildman–Crippen MR) is 115 cm³/mol. The lowest BCUT2D eigenvalue weighted by Crippen LogP contribution is -2.46. The van der Waals surface area contributed by atoms with Gasteiger partial charge in [0.15, 0.2) is 6.61 Å². The Kier molecular flexibility index (Phi) is 6.18. The number of nitrogens with zero attached hydrogens (tertiary/aromatic N) is 4. The number of anilines is 1. The van der Waals surface area contributed by atoms with E-state index in [2.05, 4.69) is 10.2 Å². The van der Waals surface area contributed by atoms with E-state index >= 15 is 0 Å². The van der Waals surface area contributed by atoms with Gasteiger partial charge in [-0.15, -0.1) is 10.2 Å². The highest BCUT2D eigenvalue weighted by molar-refractivity contribution is 6.33.